The van der Waals surface area contributed by atoms with Crippen LogP contribution in [0.1, 0.15) is 26.2 Å². The molecule has 0 amide bonds. The van der Waals surface area contributed by atoms with Crippen molar-refractivity contribution in [3.05, 3.63) is 30.3 Å². The third kappa shape index (κ3) is 3.97. The van der Waals surface area contributed by atoms with Gasteiger partial charge in [0.15, 0.2) is 0 Å². The molecule has 0 spiro atoms. The first kappa shape index (κ1) is 14.9. The summed E-state index contributed by atoms with van der Waals surface area (Å²) in [6.07, 6.45) is 2.69. The number of carboxylic acids is 1. The summed E-state index contributed by atoms with van der Waals surface area (Å²) in [7, 11) is 0. The molecular formula is C16H23NO3. The van der Waals surface area contributed by atoms with Crippen molar-refractivity contribution in [3.8, 4) is 5.75 Å². The Labute approximate surface area is 120 Å². The predicted octanol–water partition coefficient (Wildman–Crippen LogP) is 2.64. The third-order valence-electron chi connectivity index (χ3n) is 3.99. The Kier molecular flexibility index (Phi) is 5.41. The molecule has 20 heavy (non-hydrogen) atoms. The summed E-state index contributed by atoms with van der Waals surface area (Å²) in [6.45, 7) is 4.37. The van der Waals surface area contributed by atoms with Gasteiger partial charge in [0.2, 0.25) is 0 Å². The van der Waals surface area contributed by atoms with E-state index in [1.54, 1.807) is 0 Å². The van der Waals surface area contributed by atoms with Crippen molar-refractivity contribution in [2.24, 2.45) is 5.92 Å². The van der Waals surface area contributed by atoms with Gasteiger partial charge in [0.25, 0.3) is 0 Å². The molecule has 2 rings (SSSR count). The maximum absolute atomic E-state index is 11.2. The zero-order chi connectivity index (χ0) is 14.4. The Morgan fingerprint density at radius 3 is 2.55 bits per heavy atom. The lowest BCUT2D eigenvalue weighted by Gasteiger charge is -2.35. The van der Waals surface area contributed by atoms with Crippen LogP contribution in [0.5, 0.6) is 5.75 Å². The van der Waals surface area contributed by atoms with Gasteiger partial charge in [-0.05, 0) is 50.4 Å². The zero-order valence-electron chi connectivity index (χ0n) is 12.0. The molecule has 1 N–H and O–H groups in total. The molecule has 1 aromatic rings. The lowest BCUT2D eigenvalue weighted by molar-refractivity contribution is -0.144. The molecule has 0 aliphatic carbocycles. The number of hydrogen-bond donors (Lipinski definition) is 1. The largest absolute Gasteiger partial charge is 0.493 e. The van der Waals surface area contributed by atoms with E-state index in [1.165, 1.54) is 0 Å². The highest BCUT2D eigenvalue weighted by Crippen LogP contribution is 2.21. The molecule has 110 valence electrons. The fraction of sp³-hybridized carbons (Fsp3) is 0.562. The Hall–Kier alpha value is -1.55. The van der Waals surface area contributed by atoms with E-state index < -0.39 is 5.97 Å². The summed E-state index contributed by atoms with van der Waals surface area (Å²) < 4.78 is 5.78. The number of carboxylic acid groups (broad SMARTS) is 1. The first-order chi connectivity index (χ1) is 9.70. The Morgan fingerprint density at radius 1 is 1.35 bits per heavy atom. The van der Waals surface area contributed by atoms with E-state index in [0.29, 0.717) is 12.3 Å². The average Bonchev–Trinajstić information content (AvgIpc) is 2.48. The summed E-state index contributed by atoms with van der Waals surface area (Å²) in [4.78, 5) is 13.2. The number of rotatable bonds is 6. The first-order valence-electron chi connectivity index (χ1n) is 7.35. The quantitative estimate of drug-likeness (QED) is 0.868. The third-order valence-corrected chi connectivity index (χ3v) is 3.99. The minimum Gasteiger partial charge on any atom is -0.493 e. The van der Waals surface area contributed by atoms with Crippen LogP contribution in [-0.4, -0.2) is 41.7 Å². The summed E-state index contributed by atoms with van der Waals surface area (Å²) in [6, 6.07) is 9.51. The van der Waals surface area contributed by atoms with Gasteiger partial charge in [-0.1, -0.05) is 25.1 Å². The maximum Gasteiger partial charge on any atom is 0.320 e. The second-order valence-corrected chi connectivity index (χ2v) is 5.37. The van der Waals surface area contributed by atoms with Crippen LogP contribution in [0.4, 0.5) is 0 Å². The highest BCUT2D eigenvalue weighted by Gasteiger charge is 2.28. The van der Waals surface area contributed by atoms with Gasteiger partial charge in [-0.3, -0.25) is 9.69 Å². The van der Waals surface area contributed by atoms with E-state index in [0.717, 1.165) is 38.3 Å². The van der Waals surface area contributed by atoms with E-state index >= 15 is 0 Å². The van der Waals surface area contributed by atoms with Crippen LogP contribution in [0.15, 0.2) is 30.3 Å². The van der Waals surface area contributed by atoms with E-state index in [2.05, 4.69) is 4.90 Å². The number of hydrogen-bond acceptors (Lipinski definition) is 3. The van der Waals surface area contributed by atoms with Gasteiger partial charge in [-0.2, -0.15) is 0 Å². The monoisotopic (exact) mass is 277 g/mol. The van der Waals surface area contributed by atoms with Gasteiger partial charge in [0.05, 0.1) is 6.61 Å². The van der Waals surface area contributed by atoms with Crippen LogP contribution >= 0.6 is 0 Å². The van der Waals surface area contributed by atoms with Crippen molar-refractivity contribution in [2.45, 2.75) is 32.2 Å². The number of carbonyl (C=O) groups is 1. The zero-order valence-corrected chi connectivity index (χ0v) is 12.0. The van der Waals surface area contributed by atoms with Crippen molar-refractivity contribution in [1.82, 2.24) is 4.90 Å². The summed E-state index contributed by atoms with van der Waals surface area (Å²) >= 11 is 0. The molecule has 1 aromatic carbocycles. The lowest BCUT2D eigenvalue weighted by atomic mass is 9.96. The first-order valence-corrected chi connectivity index (χ1v) is 7.35. The Balaban J connectivity index is 1.75. The average molecular weight is 277 g/mol. The number of aliphatic carboxylic acids is 1. The number of piperidine rings is 1. The highest BCUT2D eigenvalue weighted by atomic mass is 16.5. The van der Waals surface area contributed by atoms with Crippen molar-refractivity contribution < 1.29 is 14.6 Å². The van der Waals surface area contributed by atoms with Gasteiger partial charge in [0, 0.05) is 0 Å². The number of para-hydroxylation sites is 1. The molecule has 1 atom stereocenters. The van der Waals surface area contributed by atoms with Crippen LogP contribution < -0.4 is 4.74 Å². The Morgan fingerprint density at radius 2 is 2.00 bits per heavy atom. The molecule has 4 heteroatoms. The van der Waals surface area contributed by atoms with E-state index in [-0.39, 0.29) is 6.04 Å². The minimum atomic E-state index is -0.702. The normalized spacial score (nSPS) is 18.6. The molecule has 4 nitrogen and oxygen atoms in total. The number of ether oxygens (including phenoxy) is 1. The van der Waals surface area contributed by atoms with Crippen molar-refractivity contribution in [2.75, 3.05) is 19.7 Å². The standard InChI is InChI=1S/C16H23NO3/c1-2-15(16(18)19)17-10-8-13(9-11-17)12-20-14-6-4-3-5-7-14/h3-7,13,15H,2,8-12H2,1H3,(H,18,19). The maximum atomic E-state index is 11.2. The molecule has 1 saturated heterocycles. The smallest absolute Gasteiger partial charge is 0.320 e. The number of likely N-dealkylation sites (tertiary alicyclic amines) is 1. The predicted molar refractivity (Wildman–Crippen MR) is 77.9 cm³/mol. The van der Waals surface area contributed by atoms with Crippen LogP contribution in [0.25, 0.3) is 0 Å². The van der Waals surface area contributed by atoms with Crippen LogP contribution in [0.2, 0.25) is 0 Å². The van der Waals surface area contributed by atoms with Gasteiger partial charge in [-0.25, -0.2) is 0 Å². The minimum absolute atomic E-state index is 0.328. The molecule has 0 saturated carbocycles. The van der Waals surface area contributed by atoms with Crippen LogP contribution in [-0.2, 0) is 4.79 Å². The van der Waals surface area contributed by atoms with E-state index in [4.69, 9.17) is 4.74 Å². The number of nitrogens with zero attached hydrogens (tertiary/aromatic N) is 1. The fourth-order valence-electron chi connectivity index (χ4n) is 2.75. The van der Waals surface area contributed by atoms with E-state index in [9.17, 15) is 9.90 Å². The van der Waals surface area contributed by atoms with E-state index in [1.807, 2.05) is 37.3 Å². The van der Waals surface area contributed by atoms with Crippen LogP contribution in [0, 0.1) is 5.92 Å². The molecule has 0 radical (unpaired) electrons. The molecule has 1 heterocycles. The molecule has 1 aliphatic heterocycles. The summed E-state index contributed by atoms with van der Waals surface area (Å²) in [5, 5.41) is 9.18. The van der Waals surface area contributed by atoms with Crippen LogP contribution in [0.3, 0.4) is 0 Å². The highest BCUT2D eigenvalue weighted by molar-refractivity contribution is 5.73. The molecule has 1 unspecified atom stereocenters. The fourth-order valence-corrected chi connectivity index (χ4v) is 2.75. The van der Waals surface area contributed by atoms with Crippen molar-refractivity contribution in [1.29, 1.82) is 0 Å². The van der Waals surface area contributed by atoms with Gasteiger partial charge >= 0.3 is 5.97 Å². The Bertz CT molecular complexity index is 413. The molecule has 0 bridgehead atoms. The summed E-state index contributed by atoms with van der Waals surface area (Å²) in [5.41, 5.74) is 0. The SMILES string of the molecule is CCC(C(=O)O)N1CCC(COc2ccccc2)CC1. The molecular weight excluding hydrogens is 254 g/mol. The number of benzene rings is 1. The lowest BCUT2D eigenvalue weighted by Crippen LogP contribution is -2.46. The van der Waals surface area contributed by atoms with Gasteiger partial charge in [0.1, 0.15) is 11.8 Å². The molecule has 1 fully saturated rings. The molecule has 0 aromatic heterocycles. The van der Waals surface area contributed by atoms with Crippen molar-refractivity contribution >= 4 is 5.97 Å². The van der Waals surface area contributed by atoms with Gasteiger partial charge < -0.3 is 9.84 Å². The molecule has 1 aliphatic rings. The van der Waals surface area contributed by atoms with Gasteiger partial charge in [-0.15, -0.1) is 0 Å². The van der Waals surface area contributed by atoms with Crippen molar-refractivity contribution in [3.63, 3.8) is 0 Å². The second-order valence-electron chi connectivity index (χ2n) is 5.37. The summed E-state index contributed by atoms with van der Waals surface area (Å²) in [5.74, 6) is 0.733. The second kappa shape index (κ2) is 7.29. The topological polar surface area (TPSA) is 49.8 Å².